The van der Waals surface area contributed by atoms with Gasteiger partial charge in [-0.1, -0.05) is 0 Å². The molecule has 0 radical (unpaired) electrons. The molecule has 0 aromatic rings. The molecular weight excluding hydrogens is 498 g/mol. The van der Waals surface area contributed by atoms with Gasteiger partial charge in [-0.2, -0.15) is 0 Å². The van der Waals surface area contributed by atoms with E-state index in [4.69, 9.17) is 11.5 Å². The maximum absolute atomic E-state index is 11.3. The molecule has 14 nitrogen and oxygen atoms in total. The van der Waals surface area contributed by atoms with Crippen LogP contribution >= 0.6 is 0 Å². The Balaban J connectivity index is -0.000000701. The summed E-state index contributed by atoms with van der Waals surface area (Å²) >= 11 is 0. The van der Waals surface area contributed by atoms with Crippen LogP contribution in [0.25, 0.3) is 0 Å². The third-order valence-corrected chi connectivity index (χ3v) is 4.03. The second kappa shape index (κ2) is 25.8. The van der Waals surface area contributed by atoms with E-state index >= 15 is 0 Å². The van der Waals surface area contributed by atoms with Crippen molar-refractivity contribution in [2.75, 3.05) is 58.9 Å². The molecule has 0 bridgehead atoms. The van der Waals surface area contributed by atoms with Crippen LogP contribution in [-0.4, -0.2) is 109 Å². The minimum atomic E-state index is -1.69. The van der Waals surface area contributed by atoms with Crippen molar-refractivity contribution in [1.82, 2.24) is 14.7 Å². The number of hydrogen-bond acceptors (Lipinski definition) is 13. The largest absolute Gasteiger partial charge is 1.00 e. The molecule has 4 N–H and O–H groups in total. The molecule has 34 heavy (non-hydrogen) atoms. The van der Waals surface area contributed by atoms with Crippen molar-refractivity contribution < 1.29 is 163 Å². The summed E-state index contributed by atoms with van der Waals surface area (Å²) in [5.41, 5.74) is 10.5. The van der Waals surface area contributed by atoms with Crippen molar-refractivity contribution in [2.45, 2.75) is 12.5 Å². The fraction of sp³-hybridized carbons (Fsp3) is 0.688. The molecular formula is C16H25N5Na4O9. The average molecular weight is 523 g/mol. The Morgan fingerprint density at radius 1 is 0.647 bits per heavy atom. The van der Waals surface area contributed by atoms with E-state index in [9.17, 15) is 44.4 Å². The second-order valence-corrected chi connectivity index (χ2v) is 6.43. The third kappa shape index (κ3) is 23.6. The molecule has 0 fully saturated rings. The standard InChI is InChI=1S/C16H29N5O9.4Na/c17-1-2-19(3-4-20(8-13(23)24)9-14(25)26)5-6-21(10-15(27)28)11(16(29)30)7-12(18)22;;;;/h11H,1-10,17H2,(H2,18,22)(H,23,24)(H,25,26)(H,27,28)(H,29,30);;;;/q;4*+1/p-4. The first kappa shape index (κ1) is 45.1. The monoisotopic (exact) mass is 523 g/mol. The average Bonchev–Trinajstić information content (AvgIpc) is 2.59. The van der Waals surface area contributed by atoms with Gasteiger partial charge >= 0.3 is 118 Å². The minimum absolute atomic E-state index is 0. The number of nitrogens with two attached hydrogens (primary N) is 2. The van der Waals surface area contributed by atoms with E-state index in [0.29, 0.717) is 0 Å². The van der Waals surface area contributed by atoms with Crippen molar-refractivity contribution >= 4 is 29.8 Å². The number of rotatable bonds is 18. The Labute approximate surface area is 286 Å². The molecule has 18 heteroatoms. The maximum atomic E-state index is 11.3. The van der Waals surface area contributed by atoms with E-state index in [0.717, 1.165) is 9.80 Å². The normalized spacial score (nSPS) is 10.8. The number of nitrogens with zero attached hydrogens (tertiary/aromatic N) is 3. The van der Waals surface area contributed by atoms with E-state index < -0.39 is 61.9 Å². The third-order valence-electron chi connectivity index (χ3n) is 4.03. The van der Waals surface area contributed by atoms with Crippen LogP contribution < -0.4 is 150 Å². The smallest absolute Gasteiger partial charge is 0.549 e. The predicted octanol–water partition coefficient (Wildman–Crippen LogP) is -20.9. The van der Waals surface area contributed by atoms with Crippen molar-refractivity contribution in [3.8, 4) is 0 Å². The molecule has 1 unspecified atom stereocenters. The molecule has 0 saturated heterocycles. The van der Waals surface area contributed by atoms with Crippen LogP contribution in [0.3, 0.4) is 0 Å². The number of carboxylic acid groups (broad SMARTS) is 4. The van der Waals surface area contributed by atoms with E-state index in [1.54, 1.807) is 4.90 Å². The molecule has 1 atom stereocenters. The number of primary amides is 1. The molecule has 0 heterocycles. The fourth-order valence-electron chi connectivity index (χ4n) is 2.71. The van der Waals surface area contributed by atoms with Gasteiger partial charge in [-0.15, -0.1) is 0 Å². The quantitative estimate of drug-likeness (QED) is 0.159. The van der Waals surface area contributed by atoms with Gasteiger partial charge in [-0.25, -0.2) is 0 Å². The van der Waals surface area contributed by atoms with E-state index in [2.05, 4.69) is 0 Å². The summed E-state index contributed by atoms with van der Waals surface area (Å²) in [5, 5.41) is 43.8. The summed E-state index contributed by atoms with van der Waals surface area (Å²) in [6.07, 6.45) is -0.669. The number of hydrogen-bond donors (Lipinski definition) is 2. The van der Waals surface area contributed by atoms with Crippen molar-refractivity contribution in [2.24, 2.45) is 11.5 Å². The maximum Gasteiger partial charge on any atom is 1.00 e. The minimum Gasteiger partial charge on any atom is -0.549 e. The molecule has 0 aromatic carbocycles. The Hall–Kier alpha value is 1.19. The Bertz CT molecular complexity index is 618. The van der Waals surface area contributed by atoms with Crippen LogP contribution in [0.5, 0.6) is 0 Å². The molecule has 0 aliphatic heterocycles. The van der Waals surface area contributed by atoms with Crippen molar-refractivity contribution in [3.63, 3.8) is 0 Å². The number of carbonyl (C=O) groups excluding carboxylic acids is 5. The van der Waals surface area contributed by atoms with Crippen LogP contribution in [0, 0.1) is 0 Å². The summed E-state index contributed by atoms with van der Waals surface area (Å²) < 4.78 is 0. The Morgan fingerprint density at radius 2 is 1.06 bits per heavy atom. The van der Waals surface area contributed by atoms with Crippen molar-refractivity contribution in [1.29, 1.82) is 0 Å². The molecule has 0 aromatic heterocycles. The van der Waals surface area contributed by atoms with E-state index in [-0.39, 0.29) is 157 Å². The molecule has 0 aliphatic carbocycles. The molecule has 0 spiro atoms. The molecule has 1 amide bonds. The first-order valence-electron chi connectivity index (χ1n) is 8.93. The van der Waals surface area contributed by atoms with Gasteiger partial charge in [0.1, 0.15) is 0 Å². The second-order valence-electron chi connectivity index (χ2n) is 6.43. The van der Waals surface area contributed by atoms with Crippen molar-refractivity contribution in [3.05, 3.63) is 0 Å². The molecule has 172 valence electrons. The van der Waals surface area contributed by atoms with Gasteiger partial charge < -0.3 is 51.1 Å². The molecule has 0 rings (SSSR count). The van der Waals surface area contributed by atoms with Crippen LogP contribution in [0.2, 0.25) is 0 Å². The zero-order chi connectivity index (χ0) is 23.3. The van der Waals surface area contributed by atoms with Gasteiger partial charge in [0, 0.05) is 65.3 Å². The van der Waals surface area contributed by atoms with Crippen LogP contribution in [0.1, 0.15) is 6.42 Å². The van der Waals surface area contributed by atoms with Gasteiger partial charge in [-0.05, 0) is 0 Å². The number of aliphatic carboxylic acids is 4. The topological polar surface area (TPSA) is 239 Å². The van der Waals surface area contributed by atoms with Crippen LogP contribution in [0.15, 0.2) is 0 Å². The van der Waals surface area contributed by atoms with Crippen LogP contribution in [-0.2, 0) is 24.0 Å². The van der Waals surface area contributed by atoms with E-state index in [1.165, 1.54) is 0 Å². The Morgan fingerprint density at radius 3 is 1.41 bits per heavy atom. The summed E-state index contributed by atoms with van der Waals surface area (Å²) in [7, 11) is 0. The Kier molecular flexibility index (Phi) is 34.3. The zero-order valence-electron chi connectivity index (χ0n) is 20.3. The first-order chi connectivity index (χ1) is 14.0. The summed E-state index contributed by atoms with van der Waals surface area (Å²) in [6, 6.07) is -1.59. The van der Waals surface area contributed by atoms with Gasteiger partial charge in [0.2, 0.25) is 5.91 Å². The van der Waals surface area contributed by atoms with Crippen LogP contribution in [0.4, 0.5) is 0 Å². The first-order valence-corrected chi connectivity index (χ1v) is 8.93. The molecule has 0 saturated carbocycles. The molecule has 0 aliphatic rings. The van der Waals surface area contributed by atoms with E-state index in [1.807, 2.05) is 0 Å². The number of amides is 1. The SMILES string of the molecule is NCCN(CCN(CC(=O)[O-])CC(=O)[O-])CCN(CC(=O)[O-])C(CC(N)=O)C(=O)[O-].[Na+].[Na+].[Na+].[Na+]. The van der Waals surface area contributed by atoms with Gasteiger partial charge in [0.05, 0.1) is 29.9 Å². The van der Waals surface area contributed by atoms with Gasteiger partial charge in [-0.3, -0.25) is 19.5 Å². The number of carboxylic acids is 4. The zero-order valence-corrected chi connectivity index (χ0v) is 28.3. The van der Waals surface area contributed by atoms with Gasteiger partial charge in [0.15, 0.2) is 0 Å². The summed E-state index contributed by atoms with van der Waals surface area (Å²) in [6.45, 7) is -1.65. The van der Waals surface area contributed by atoms with Gasteiger partial charge in [0.25, 0.3) is 0 Å². The summed E-state index contributed by atoms with van der Waals surface area (Å²) in [5.74, 6) is -7.19. The number of carbonyl (C=O) groups is 5. The summed E-state index contributed by atoms with van der Waals surface area (Å²) in [4.78, 5) is 58.5. The fourth-order valence-corrected chi connectivity index (χ4v) is 2.71. The predicted molar refractivity (Wildman–Crippen MR) is 91.1 cm³/mol.